The number of rotatable bonds is 11. The minimum absolute atomic E-state index is 0.0455. The number of nitrogens with two attached hydrogens (primary N) is 1. The van der Waals surface area contributed by atoms with Gasteiger partial charge >= 0.3 is 0 Å². The Morgan fingerprint density at radius 1 is 1.00 bits per heavy atom. The van der Waals surface area contributed by atoms with E-state index in [1.165, 1.54) is 44.1 Å². The third-order valence-electron chi connectivity index (χ3n) is 3.66. The zero-order valence-corrected chi connectivity index (χ0v) is 13.4. The molecule has 0 heterocycles. The van der Waals surface area contributed by atoms with Gasteiger partial charge in [-0.3, -0.25) is 4.79 Å². The van der Waals surface area contributed by atoms with Crippen molar-refractivity contribution in [3.05, 3.63) is 29.8 Å². The molecule has 21 heavy (non-hydrogen) atoms. The average Bonchev–Trinajstić information content (AvgIpc) is 2.50. The van der Waals surface area contributed by atoms with Crippen LogP contribution in [0.15, 0.2) is 24.3 Å². The van der Waals surface area contributed by atoms with Crippen molar-refractivity contribution in [1.82, 2.24) is 0 Å². The highest BCUT2D eigenvalue weighted by molar-refractivity contribution is 5.90. The summed E-state index contributed by atoms with van der Waals surface area (Å²) in [5.41, 5.74) is 7.63. The molecule has 0 radical (unpaired) electrons. The fourth-order valence-electron chi connectivity index (χ4n) is 2.35. The van der Waals surface area contributed by atoms with Crippen molar-refractivity contribution in [2.45, 2.75) is 64.7 Å². The molecular weight excluding hydrogens is 260 g/mol. The summed E-state index contributed by atoms with van der Waals surface area (Å²) in [5, 5.41) is 2.90. The molecule has 0 aromatic heterocycles. The molecule has 1 aromatic carbocycles. The Morgan fingerprint density at radius 3 is 2.33 bits per heavy atom. The second-order valence-electron chi connectivity index (χ2n) is 5.66. The summed E-state index contributed by atoms with van der Waals surface area (Å²) in [4.78, 5) is 11.6. The fourth-order valence-corrected chi connectivity index (χ4v) is 2.35. The lowest BCUT2D eigenvalue weighted by atomic mass is 10.0. The number of hydrogen-bond donors (Lipinski definition) is 2. The van der Waals surface area contributed by atoms with E-state index in [-0.39, 0.29) is 5.91 Å². The molecule has 118 valence electrons. The first-order valence-electron chi connectivity index (χ1n) is 8.35. The predicted molar refractivity (Wildman–Crippen MR) is 90.4 cm³/mol. The van der Waals surface area contributed by atoms with E-state index < -0.39 is 0 Å². The Labute approximate surface area is 129 Å². The van der Waals surface area contributed by atoms with Crippen LogP contribution < -0.4 is 11.1 Å². The van der Waals surface area contributed by atoms with Gasteiger partial charge in [0.05, 0.1) is 0 Å². The van der Waals surface area contributed by atoms with Gasteiger partial charge < -0.3 is 11.1 Å². The summed E-state index contributed by atoms with van der Waals surface area (Å²) < 4.78 is 0. The van der Waals surface area contributed by atoms with Crippen molar-refractivity contribution in [2.75, 3.05) is 11.9 Å². The van der Waals surface area contributed by atoms with E-state index in [4.69, 9.17) is 5.73 Å². The number of benzene rings is 1. The van der Waals surface area contributed by atoms with Crippen LogP contribution in [0.4, 0.5) is 5.69 Å². The van der Waals surface area contributed by atoms with Gasteiger partial charge in [-0.15, -0.1) is 0 Å². The van der Waals surface area contributed by atoms with E-state index in [0.717, 1.165) is 18.5 Å². The monoisotopic (exact) mass is 290 g/mol. The minimum atomic E-state index is 0.0455. The Bertz CT molecular complexity index is 387. The quantitative estimate of drug-likeness (QED) is 0.598. The van der Waals surface area contributed by atoms with Crippen LogP contribution in [0.5, 0.6) is 0 Å². The van der Waals surface area contributed by atoms with E-state index in [2.05, 4.69) is 24.4 Å². The molecule has 0 fully saturated rings. The molecule has 3 nitrogen and oxygen atoms in total. The van der Waals surface area contributed by atoms with Crippen LogP contribution >= 0.6 is 0 Å². The highest BCUT2D eigenvalue weighted by Gasteiger charge is 2.01. The molecule has 0 saturated carbocycles. The molecule has 0 spiro atoms. The van der Waals surface area contributed by atoms with Crippen molar-refractivity contribution in [1.29, 1.82) is 0 Å². The van der Waals surface area contributed by atoms with Gasteiger partial charge in [0, 0.05) is 12.1 Å². The number of anilines is 1. The van der Waals surface area contributed by atoms with E-state index in [9.17, 15) is 4.79 Å². The lowest BCUT2D eigenvalue weighted by Gasteiger charge is -2.06. The maximum Gasteiger partial charge on any atom is 0.224 e. The third-order valence-corrected chi connectivity index (χ3v) is 3.66. The molecule has 0 aliphatic rings. The Kier molecular flexibility index (Phi) is 9.55. The number of amides is 1. The number of aryl methyl sites for hydroxylation is 1. The molecule has 0 bridgehead atoms. The molecular formula is C18H30N2O. The first-order valence-corrected chi connectivity index (χ1v) is 8.35. The first-order chi connectivity index (χ1) is 10.3. The van der Waals surface area contributed by atoms with Crippen molar-refractivity contribution in [3.63, 3.8) is 0 Å². The van der Waals surface area contributed by atoms with Gasteiger partial charge in [-0.2, -0.15) is 0 Å². The Hall–Kier alpha value is -1.35. The molecule has 3 N–H and O–H groups in total. The molecule has 0 aliphatic heterocycles. The van der Waals surface area contributed by atoms with Gasteiger partial charge in [-0.05, 0) is 43.5 Å². The van der Waals surface area contributed by atoms with Crippen LogP contribution in [0.25, 0.3) is 0 Å². The van der Waals surface area contributed by atoms with Crippen LogP contribution in [0.2, 0.25) is 0 Å². The van der Waals surface area contributed by atoms with Gasteiger partial charge in [0.25, 0.3) is 0 Å². The van der Waals surface area contributed by atoms with E-state index in [0.29, 0.717) is 13.0 Å². The fraction of sp³-hybridized carbons (Fsp3) is 0.611. The standard InChI is InChI=1S/C18H30N2O/c1-2-3-4-5-6-7-9-16-11-13-17(14-12-16)20-18(21)10-8-15-19/h11-14H,2-10,15,19H2,1H3,(H,20,21). The van der Waals surface area contributed by atoms with Gasteiger partial charge in [0.15, 0.2) is 0 Å². The summed E-state index contributed by atoms with van der Waals surface area (Å²) in [6.45, 7) is 2.81. The summed E-state index contributed by atoms with van der Waals surface area (Å²) in [6, 6.07) is 8.22. The maximum absolute atomic E-state index is 11.6. The molecule has 0 unspecified atom stereocenters. The summed E-state index contributed by atoms with van der Waals surface area (Å²) in [7, 11) is 0. The van der Waals surface area contributed by atoms with Gasteiger partial charge in [0.1, 0.15) is 0 Å². The van der Waals surface area contributed by atoms with Gasteiger partial charge in [-0.1, -0.05) is 51.2 Å². The van der Waals surface area contributed by atoms with Crippen LogP contribution in [0.3, 0.4) is 0 Å². The molecule has 3 heteroatoms. The smallest absolute Gasteiger partial charge is 0.224 e. The minimum Gasteiger partial charge on any atom is -0.330 e. The van der Waals surface area contributed by atoms with E-state index in [1.54, 1.807) is 0 Å². The number of nitrogens with one attached hydrogen (secondary N) is 1. The predicted octanol–water partition coefficient (Wildman–Crippen LogP) is 4.27. The molecule has 1 rings (SSSR count). The number of unbranched alkanes of at least 4 members (excludes halogenated alkanes) is 5. The zero-order valence-electron chi connectivity index (χ0n) is 13.4. The molecule has 1 aromatic rings. The molecule has 0 atom stereocenters. The second-order valence-corrected chi connectivity index (χ2v) is 5.66. The summed E-state index contributed by atoms with van der Waals surface area (Å²) >= 11 is 0. The lowest BCUT2D eigenvalue weighted by molar-refractivity contribution is -0.116. The zero-order chi connectivity index (χ0) is 15.3. The third kappa shape index (κ3) is 8.51. The normalized spacial score (nSPS) is 10.6. The van der Waals surface area contributed by atoms with Crippen LogP contribution in [0.1, 0.15) is 63.9 Å². The molecule has 0 saturated heterocycles. The van der Waals surface area contributed by atoms with Gasteiger partial charge in [0.2, 0.25) is 5.91 Å². The highest BCUT2D eigenvalue weighted by atomic mass is 16.1. The van der Waals surface area contributed by atoms with Crippen LogP contribution in [-0.4, -0.2) is 12.5 Å². The SMILES string of the molecule is CCCCCCCCc1ccc(NC(=O)CCCN)cc1. The van der Waals surface area contributed by atoms with E-state index in [1.807, 2.05) is 12.1 Å². The largest absolute Gasteiger partial charge is 0.330 e. The van der Waals surface area contributed by atoms with Crippen molar-refractivity contribution >= 4 is 11.6 Å². The summed E-state index contributed by atoms with van der Waals surface area (Å²) in [5.74, 6) is 0.0455. The number of hydrogen-bond acceptors (Lipinski definition) is 2. The lowest BCUT2D eigenvalue weighted by Crippen LogP contribution is -2.13. The van der Waals surface area contributed by atoms with Gasteiger partial charge in [-0.25, -0.2) is 0 Å². The van der Waals surface area contributed by atoms with Crippen molar-refractivity contribution in [2.24, 2.45) is 5.73 Å². The van der Waals surface area contributed by atoms with Crippen LogP contribution in [0, 0.1) is 0 Å². The Balaban J connectivity index is 2.22. The van der Waals surface area contributed by atoms with Crippen LogP contribution in [-0.2, 0) is 11.2 Å². The average molecular weight is 290 g/mol. The maximum atomic E-state index is 11.6. The number of carbonyl (C=O) groups is 1. The second kappa shape index (κ2) is 11.3. The van der Waals surface area contributed by atoms with Crippen molar-refractivity contribution in [3.8, 4) is 0 Å². The molecule has 0 aliphatic carbocycles. The first kappa shape index (κ1) is 17.7. The topological polar surface area (TPSA) is 55.1 Å². The summed E-state index contributed by atoms with van der Waals surface area (Å²) in [6.07, 6.45) is 10.3. The van der Waals surface area contributed by atoms with E-state index >= 15 is 0 Å². The highest BCUT2D eigenvalue weighted by Crippen LogP contribution is 2.13. The Morgan fingerprint density at radius 2 is 1.67 bits per heavy atom. The molecule has 1 amide bonds. The number of carbonyl (C=O) groups excluding carboxylic acids is 1. The van der Waals surface area contributed by atoms with Crippen molar-refractivity contribution < 1.29 is 4.79 Å².